The van der Waals surface area contributed by atoms with Crippen molar-refractivity contribution in [3.63, 3.8) is 0 Å². The molecular weight excluding hydrogens is 324 g/mol. The summed E-state index contributed by atoms with van der Waals surface area (Å²) >= 11 is 0. The van der Waals surface area contributed by atoms with Crippen LogP contribution >= 0.6 is 0 Å². The number of nitrogens with one attached hydrogen (secondary N) is 1. The number of aryl methyl sites for hydroxylation is 1. The van der Waals surface area contributed by atoms with Crippen molar-refractivity contribution in [2.45, 2.75) is 38.7 Å². The Kier molecular flexibility index (Phi) is 5.79. The second-order valence-corrected chi connectivity index (χ2v) is 6.62. The van der Waals surface area contributed by atoms with Crippen LogP contribution < -0.4 is 10.2 Å². The largest absolute Gasteiger partial charge is 0.479 e. The molecule has 1 fully saturated rings. The first-order valence-corrected chi connectivity index (χ1v) is 8.37. The first-order valence-electron chi connectivity index (χ1n) is 8.37. The number of hydrogen-bond donors (Lipinski definition) is 3. The van der Waals surface area contributed by atoms with Crippen molar-refractivity contribution in [2.75, 3.05) is 18.0 Å². The number of carboxylic acids is 1. The second kappa shape index (κ2) is 7.65. The van der Waals surface area contributed by atoms with Crippen LogP contribution in [0.4, 0.5) is 5.69 Å². The normalized spacial score (nSPS) is 19.6. The minimum Gasteiger partial charge on any atom is -0.479 e. The number of aliphatic hydroxyl groups is 1. The van der Waals surface area contributed by atoms with Gasteiger partial charge in [0.15, 0.2) is 5.60 Å². The van der Waals surface area contributed by atoms with Gasteiger partial charge in [-0.15, -0.1) is 0 Å². The maximum Gasteiger partial charge on any atom is 0.337 e. The summed E-state index contributed by atoms with van der Waals surface area (Å²) < 4.78 is 0. The molecule has 2 unspecified atom stereocenters. The molecule has 1 aromatic rings. The van der Waals surface area contributed by atoms with Crippen LogP contribution in [0.5, 0.6) is 0 Å². The molecule has 2 rings (SSSR count). The van der Waals surface area contributed by atoms with E-state index in [0.29, 0.717) is 0 Å². The fourth-order valence-corrected chi connectivity index (χ4v) is 2.74. The van der Waals surface area contributed by atoms with Gasteiger partial charge >= 0.3 is 5.97 Å². The van der Waals surface area contributed by atoms with Crippen LogP contribution in [-0.2, 0) is 20.8 Å². The Morgan fingerprint density at radius 3 is 2.52 bits per heavy atom. The summed E-state index contributed by atoms with van der Waals surface area (Å²) in [6.07, 6.45) is 2.09. The third-order valence-corrected chi connectivity index (χ3v) is 4.35. The number of nitrogens with zero attached hydrogens (tertiary/aromatic N) is 1. The zero-order valence-electron chi connectivity index (χ0n) is 14.5. The highest BCUT2D eigenvalue weighted by molar-refractivity contribution is 6.00. The van der Waals surface area contributed by atoms with Crippen molar-refractivity contribution in [1.29, 1.82) is 0 Å². The lowest BCUT2D eigenvalue weighted by molar-refractivity contribution is -0.156. The minimum absolute atomic E-state index is 0.0672. The molecule has 7 nitrogen and oxygen atoms in total. The van der Waals surface area contributed by atoms with Crippen LogP contribution in [0.15, 0.2) is 24.3 Å². The lowest BCUT2D eigenvalue weighted by atomic mass is 10.1. The maximum absolute atomic E-state index is 12.2. The maximum atomic E-state index is 12.2. The third-order valence-electron chi connectivity index (χ3n) is 4.35. The molecule has 3 N–H and O–H groups in total. The zero-order valence-corrected chi connectivity index (χ0v) is 14.5. The summed E-state index contributed by atoms with van der Waals surface area (Å²) in [7, 11) is 0. The number of hydrogen-bond acceptors (Lipinski definition) is 4. The van der Waals surface area contributed by atoms with Gasteiger partial charge in [-0.2, -0.15) is 0 Å². The van der Waals surface area contributed by atoms with Crippen molar-refractivity contribution in [2.24, 2.45) is 5.92 Å². The van der Waals surface area contributed by atoms with E-state index in [1.807, 2.05) is 24.3 Å². The van der Waals surface area contributed by atoms with E-state index >= 15 is 0 Å². The molecule has 7 heteroatoms. The Morgan fingerprint density at radius 1 is 1.32 bits per heavy atom. The average molecular weight is 348 g/mol. The molecule has 1 aliphatic heterocycles. The SMILES string of the molecule is CCCc1ccc(N2CC(C(=O)NCC(C)(O)C(=O)O)CC2=O)cc1. The molecule has 0 spiro atoms. The van der Waals surface area contributed by atoms with E-state index in [4.69, 9.17) is 5.11 Å². The molecule has 0 aliphatic carbocycles. The highest BCUT2D eigenvalue weighted by Crippen LogP contribution is 2.25. The van der Waals surface area contributed by atoms with E-state index in [2.05, 4.69) is 12.2 Å². The number of carbonyl (C=O) groups excluding carboxylic acids is 2. The van der Waals surface area contributed by atoms with Crippen LogP contribution in [0.25, 0.3) is 0 Å². The summed E-state index contributed by atoms with van der Waals surface area (Å²) in [4.78, 5) is 36.8. The lowest BCUT2D eigenvalue weighted by Gasteiger charge is -2.20. The number of benzene rings is 1. The van der Waals surface area contributed by atoms with Gasteiger partial charge in [-0.25, -0.2) is 4.79 Å². The molecule has 0 aromatic heterocycles. The Balaban J connectivity index is 1.97. The van der Waals surface area contributed by atoms with Crippen LogP contribution in [0.3, 0.4) is 0 Å². The van der Waals surface area contributed by atoms with Crippen molar-refractivity contribution >= 4 is 23.5 Å². The van der Waals surface area contributed by atoms with Crippen molar-refractivity contribution in [1.82, 2.24) is 5.32 Å². The summed E-state index contributed by atoms with van der Waals surface area (Å²) in [6.45, 7) is 3.05. The predicted octanol–water partition coefficient (Wildman–Crippen LogP) is 0.944. The fraction of sp³-hybridized carbons (Fsp3) is 0.500. The first-order chi connectivity index (χ1) is 11.7. The van der Waals surface area contributed by atoms with Crippen molar-refractivity contribution in [3.8, 4) is 0 Å². The van der Waals surface area contributed by atoms with E-state index in [0.717, 1.165) is 25.5 Å². The number of carbonyl (C=O) groups is 3. The summed E-state index contributed by atoms with van der Waals surface area (Å²) in [5, 5.41) is 20.9. The van der Waals surface area contributed by atoms with Gasteiger partial charge in [0.1, 0.15) is 0 Å². The van der Waals surface area contributed by atoms with Gasteiger partial charge in [-0.05, 0) is 31.0 Å². The molecule has 0 bridgehead atoms. The monoisotopic (exact) mass is 348 g/mol. The van der Waals surface area contributed by atoms with Gasteiger partial charge in [0.05, 0.1) is 12.5 Å². The number of anilines is 1. The Hall–Kier alpha value is -2.41. The molecule has 1 saturated heterocycles. The van der Waals surface area contributed by atoms with Crippen LogP contribution in [0.2, 0.25) is 0 Å². The van der Waals surface area contributed by atoms with Gasteiger partial charge in [0.2, 0.25) is 11.8 Å². The molecule has 2 atom stereocenters. The molecule has 0 saturated carbocycles. The molecular formula is C18H24N2O5. The highest BCUT2D eigenvalue weighted by Gasteiger charge is 2.37. The van der Waals surface area contributed by atoms with Gasteiger partial charge in [-0.1, -0.05) is 25.5 Å². The highest BCUT2D eigenvalue weighted by atomic mass is 16.4. The Bertz CT molecular complexity index is 654. The van der Waals surface area contributed by atoms with E-state index in [1.54, 1.807) is 4.90 Å². The summed E-state index contributed by atoms with van der Waals surface area (Å²) in [5.41, 5.74) is -0.0895. The lowest BCUT2D eigenvalue weighted by Crippen LogP contribution is -2.48. The topological polar surface area (TPSA) is 107 Å². The van der Waals surface area contributed by atoms with Crippen LogP contribution in [-0.4, -0.2) is 46.7 Å². The smallest absolute Gasteiger partial charge is 0.337 e. The van der Waals surface area contributed by atoms with Gasteiger partial charge in [-0.3, -0.25) is 9.59 Å². The number of rotatable bonds is 7. The molecule has 136 valence electrons. The molecule has 1 aliphatic rings. The molecule has 1 heterocycles. The second-order valence-electron chi connectivity index (χ2n) is 6.62. The van der Waals surface area contributed by atoms with E-state index in [-0.39, 0.29) is 18.9 Å². The minimum atomic E-state index is -2.03. The van der Waals surface area contributed by atoms with Crippen molar-refractivity contribution < 1.29 is 24.6 Å². The van der Waals surface area contributed by atoms with E-state index in [9.17, 15) is 19.5 Å². The number of carboxylic acid groups (broad SMARTS) is 1. The summed E-state index contributed by atoms with van der Waals surface area (Å²) in [5.74, 6) is -2.55. The van der Waals surface area contributed by atoms with E-state index in [1.165, 1.54) is 5.56 Å². The molecule has 1 aromatic carbocycles. The Labute approximate surface area is 146 Å². The predicted molar refractivity (Wildman–Crippen MR) is 92.2 cm³/mol. The standard InChI is InChI=1S/C18H24N2O5/c1-3-4-12-5-7-14(8-6-12)20-10-13(9-15(20)21)16(22)19-11-18(2,25)17(23)24/h5-8,13,25H,3-4,9-11H2,1-2H3,(H,19,22)(H,23,24). The van der Waals surface area contributed by atoms with Crippen LogP contribution in [0, 0.1) is 5.92 Å². The first kappa shape index (κ1) is 18.9. The summed E-state index contributed by atoms with van der Waals surface area (Å²) in [6, 6.07) is 7.70. The Morgan fingerprint density at radius 2 is 1.96 bits per heavy atom. The van der Waals surface area contributed by atoms with Crippen molar-refractivity contribution in [3.05, 3.63) is 29.8 Å². The average Bonchev–Trinajstić information content (AvgIpc) is 2.95. The zero-order chi connectivity index (χ0) is 18.6. The van der Waals surface area contributed by atoms with Gasteiger partial charge < -0.3 is 20.4 Å². The number of amides is 2. The number of aliphatic carboxylic acids is 1. The van der Waals surface area contributed by atoms with E-state index < -0.39 is 29.9 Å². The molecule has 0 radical (unpaired) electrons. The van der Waals surface area contributed by atoms with Crippen LogP contribution in [0.1, 0.15) is 32.3 Å². The fourth-order valence-electron chi connectivity index (χ4n) is 2.74. The van der Waals surface area contributed by atoms with Gasteiger partial charge in [0.25, 0.3) is 0 Å². The molecule has 25 heavy (non-hydrogen) atoms. The third kappa shape index (κ3) is 4.57. The quantitative estimate of drug-likeness (QED) is 0.680. The molecule has 2 amide bonds. The van der Waals surface area contributed by atoms with Gasteiger partial charge in [0, 0.05) is 18.7 Å².